The molecule has 0 heterocycles. The van der Waals surface area contributed by atoms with Crippen LogP contribution in [0.3, 0.4) is 0 Å². The Morgan fingerprint density at radius 2 is 2.00 bits per heavy atom. The zero-order chi connectivity index (χ0) is 8.41. The Labute approximate surface area is 64.1 Å². The van der Waals surface area contributed by atoms with E-state index in [0.29, 0.717) is 6.42 Å². The first-order valence-electron chi connectivity index (χ1n) is 3.85. The first kappa shape index (κ1) is 12.1. The topological polar surface area (TPSA) is 17.1 Å². The minimum atomic E-state index is 0.673. The first-order chi connectivity index (χ1) is 4.77. The second-order valence-electron chi connectivity index (χ2n) is 2.02. The van der Waals surface area contributed by atoms with Gasteiger partial charge in [0, 0.05) is 6.42 Å². The van der Waals surface area contributed by atoms with Crippen molar-refractivity contribution in [1.82, 2.24) is 0 Å². The summed E-state index contributed by atoms with van der Waals surface area (Å²) in [5.41, 5.74) is 1.16. The van der Waals surface area contributed by atoms with Gasteiger partial charge >= 0.3 is 0 Å². The molecule has 0 rings (SSSR count). The monoisotopic (exact) mass is 142 g/mol. The van der Waals surface area contributed by atoms with Crippen molar-refractivity contribution in [3.8, 4) is 0 Å². The van der Waals surface area contributed by atoms with Crippen LogP contribution in [0.2, 0.25) is 0 Å². The van der Waals surface area contributed by atoms with Gasteiger partial charge in [0.1, 0.15) is 6.29 Å². The van der Waals surface area contributed by atoms with Gasteiger partial charge < -0.3 is 4.79 Å². The van der Waals surface area contributed by atoms with Crippen molar-refractivity contribution in [1.29, 1.82) is 0 Å². The molecule has 0 spiro atoms. The molecular formula is C9H18O. The third kappa shape index (κ3) is 15.7. The van der Waals surface area contributed by atoms with Crippen LogP contribution in [-0.2, 0) is 4.79 Å². The van der Waals surface area contributed by atoms with Crippen molar-refractivity contribution in [2.45, 2.75) is 40.0 Å². The van der Waals surface area contributed by atoms with E-state index in [-0.39, 0.29) is 0 Å². The van der Waals surface area contributed by atoms with Crippen LogP contribution < -0.4 is 0 Å². The summed E-state index contributed by atoms with van der Waals surface area (Å²) < 4.78 is 0. The zero-order valence-corrected chi connectivity index (χ0v) is 7.31. The number of rotatable bonds is 4. The molecule has 0 amide bonds. The van der Waals surface area contributed by atoms with Gasteiger partial charge in [-0.1, -0.05) is 19.4 Å². The highest BCUT2D eigenvalue weighted by Gasteiger charge is 1.84. The van der Waals surface area contributed by atoms with E-state index in [4.69, 9.17) is 0 Å². The van der Waals surface area contributed by atoms with Crippen LogP contribution >= 0.6 is 0 Å². The maximum absolute atomic E-state index is 9.76. The summed E-state index contributed by atoms with van der Waals surface area (Å²) in [6, 6.07) is 0. The quantitative estimate of drug-likeness (QED) is 0.335. The maximum atomic E-state index is 9.76. The summed E-state index contributed by atoms with van der Waals surface area (Å²) in [4.78, 5) is 9.76. The van der Waals surface area contributed by atoms with E-state index in [9.17, 15) is 4.79 Å². The number of unbranched alkanes of at least 4 members (excludes halogenated alkanes) is 1. The van der Waals surface area contributed by atoms with E-state index >= 15 is 0 Å². The fraction of sp³-hybridized carbons (Fsp3) is 0.667. The molecule has 0 saturated heterocycles. The van der Waals surface area contributed by atoms with Gasteiger partial charge in [0.05, 0.1) is 0 Å². The third-order valence-electron chi connectivity index (χ3n) is 0.926. The predicted octanol–water partition coefficient (Wildman–Crippen LogP) is 2.96. The molecule has 0 aromatic heterocycles. The Morgan fingerprint density at radius 1 is 1.50 bits per heavy atom. The fourth-order valence-electron chi connectivity index (χ4n) is 0.487. The average molecular weight is 142 g/mol. The third-order valence-corrected chi connectivity index (χ3v) is 0.926. The van der Waals surface area contributed by atoms with E-state index < -0.39 is 0 Å². The van der Waals surface area contributed by atoms with Gasteiger partial charge in [-0.2, -0.15) is 0 Å². The smallest absolute Gasteiger partial charge is 0.120 e. The van der Waals surface area contributed by atoms with Gasteiger partial charge in [-0.05, 0) is 19.8 Å². The molecule has 0 saturated carbocycles. The number of allylic oxidation sites excluding steroid dienone is 1. The predicted molar refractivity (Wildman–Crippen MR) is 46.1 cm³/mol. The highest BCUT2D eigenvalue weighted by Crippen LogP contribution is 2.00. The normalized spacial score (nSPS) is 7.50. The Hall–Kier alpha value is -0.590. The van der Waals surface area contributed by atoms with Gasteiger partial charge in [-0.3, -0.25) is 0 Å². The van der Waals surface area contributed by atoms with E-state index in [1.165, 1.54) is 0 Å². The van der Waals surface area contributed by atoms with Crippen LogP contribution in [0, 0.1) is 0 Å². The largest absolute Gasteiger partial charge is 0.303 e. The Bertz CT molecular complexity index is 84.7. The molecule has 60 valence electrons. The molecule has 0 atom stereocenters. The van der Waals surface area contributed by atoms with Crippen molar-refractivity contribution < 1.29 is 4.79 Å². The zero-order valence-electron chi connectivity index (χ0n) is 7.31. The molecule has 1 heteroatoms. The lowest BCUT2D eigenvalue weighted by molar-refractivity contribution is -0.107. The van der Waals surface area contributed by atoms with Crippen molar-refractivity contribution in [2.75, 3.05) is 0 Å². The van der Waals surface area contributed by atoms with Gasteiger partial charge in [0.25, 0.3) is 0 Å². The number of hydrogen-bond acceptors (Lipinski definition) is 1. The summed E-state index contributed by atoms with van der Waals surface area (Å²) in [6.07, 6.45) is 3.56. The van der Waals surface area contributed by atoms with Crippen LogP contribution in [0.1, 0.15) is 40.0 Å². The van der Waals surface area contributed by atoms with Crippen LogP contribution in [0.25, 0.3) is 0 Å². The van der Waals surface area contributed by atoms with Gasteiger partial charge in [-0.15, -0.1) is 6.58 Å². The van der Waals surface area contributed by atoms with E-state index in [1.807, 2.05) is 20.8 Å². The van der Waals surface area contributed by atoms with Gasteiger partial charge in [0.15, 0.2) is 0 Å². The second-order valence-corrected chi connectivity index (χ2v) is 2.02. The highest BCUT2D eigenvalue weighted by atomic mass is 16.1. The SMILES string of the molecule is C=C(C)CCCC=O.CC. The Morgan fingerprint density at radius 3 is 2.30 bits per heavy atom. The molecule has 1 nitrogen and oxygen atoms in total. The summed E-state index contributed by atoms with van der Waals surface area (Å²) >= 11 is 0. The molecule has 0 aromatic rings. The minimum absolute atomic E-state index is 0.673. The molecule has 0 aliphatic rings. The fourth-order valence-corrected chi connectivity index (χ4v) is 0.487. The molecule has 0 aromatic carbocycles. The Balaban J connectivity index is 0. The molecule has 0 unspecified atom stereocenters. The summed E-state index contributed by atoms with van der Waals surface area (Å²) in [6.45, 7) is 9.69. The molecule has 10 heavy (non-hydrogen) atoms. The number of carbonyl (C=O) groups excluding carboxylic acids is 1. The van der Waals surface area contributed by atoms with Crippen molar-refractivity contribution >= 4 is 6.29 Å². The summed E-state index contributed by atoms with van der Waals surface area (Å²) in [5, 5.41) is 0. The van der Waals surface area contributed by atoms with E-state index in [0.717, 1.165) is 24.7 Å². The molecule has 0 aliphatic heterocycles. The van der Waals surface area contributed by atoms with Crippen LogP contribution in [0.4, 0.5) is 0 Å². The number of aldehydes is 1. The van der Waals surface area contributed by atoms with Crippen LogP contribution in [0.15, 0.2) is 12.2 Å². The number of hydrogen-bond donors (Lipinski definition) is 0. The first-order valence-corrected chi connectivity index (χ1v) is 3.85. The maximum Gasteiger partial charge on any atom is 0.120 e. The van der Waals surface area contributed by atoms with Crippen molar-refractivity contribution in [2.24, 2.45) is 0 Å². The molecule has 0 radical (unpaired) electrons. The van der Waals surface area contributed by atoms with Gasteiger partial charge in [0.2, 0.25) is 0 Å². The number of carbonyl (C=O) groups is 1. The lowest BCUT2D eigenvalue weighted by Crippen LogP contribution is -1.77. The van der Waals surface area contributed by atoms with Gasteiger partial charge in [-0.25, -0.2) is 0 Å². The second kappa shape index (κ2) is 11.2. The molecule has 0 bridgehead atoms. The summed E-state index contributed by atoms with van der Waals surface area (Å²) in [7, 11) is 0. The molecular weight excluding hydrogens is 124 g/mol. The molecule has 0 aliphatic carbocycles. The van der Waals surface area contributed by atoms with E-state index in [2.05, 4.69) is 6.58 Å². The Kier molecular flexibility index (Phi) is 13.6. The van der Waals surface area contributed by atoms with Crippen molar-refractivity contribution in [3.63, 3.8) is 0 Å². The lowest BCUT2D eigenvalue weighted by atomic mass is 10.1. The molecule has 0 fully saturated rings. The average Bonchev–Trinajstić information content (AvgIpc) is 1.92. The minimum Gasteiger partial charge on any atom is -0.303 e. The van der Waals surface area contributed by atoms with Crippen molar-refractivity contribution in [3.05, 3.63) is 12.2 Å². The van der Waals surface area contributed by atoms with E-state index in [1.54, 1.807) is 0 Å². The van der Waals surface area contributed by atoms with Crippen LogP contribution in [0.5, 0.6) is 0 Å². The summed E-state index contributed by atoms with van der Waals surface area (Å²) in [5.74, 6) is 0. The standard InChI is InChI=1S/C7H12O.C2H6/c1-7(2)5-3-4-6-8;1-2/h6H,1,3-5H2,2H3;1-2H3. The highest BCUT2D eigenvalue weighted by molar-refractivity contribution is 5.49. The molecule has 0 N–H and O–H groups in total. The lowest BCUT2D eigenvalue weighted by Gasteiger charge is -1.91. The van der Waals surface area contributed by atoms with Crippen LogP contribution in [-0.4, -0.2) is 6.29 Å².